The number of nitrogens with zero attached hydrogens (tertiary/aromatic N) is 2. The number of carbonyl (C=O) groups excluding carboxylic acids is 1. The third kappa shape index (κ3) is 5.76. The van der Waals surface area contributed by atoms with Gasteiger partial charge in [-0.25, -0.2) is 4.98 Å². The minimum Gasteiger partial charge on any atom is -0.477 e. The summed E-state index contributed by atoms with van der Waals surface area (Å²) >= 11 is 6.05. The lowest BCUT2D eigenvalue weighted by Crippen LogP contribution is -2.34. The number of amides is 1. The molecule has 2 fully saturated rings. The first kappa shape index (κ1) is 21.6. The van der Waals surface area contributed by atoms with Crippen molar-refractivity contribution in [1.29, 1.82) is 0 Å². The predicted octanol–water partition coefficient (Wildman–Crippen LogP) is 5.11. The van der Waals surface area contributed by atoms with E-state index in [-0.39, 0.29) is 11.8 Å². The number of aromatic nitrogens is 1. The first-order chi connectivity index (χ1) is 15.1. The van der Waals surface area contributed by atoms with Crippen molar-refractivity contribution >= 4 is 23.2 Å². The SMILES string of the molecule is CO/N=C1\CCCC[C@@H]1CNC(=O)c1cnc(OCC2CC2)c(-c2ccc(Cl)cc2)c1. The highest BCUT2D eigenvalue weighted by Crippen LogP contribution is 2.33. The largest absolute Gasteiger partial charge is 0.477 e. The van der Waals surface area contributed by atoms with Crippen LogP contribution in [0.3, 0.4) is 0 Å². The van der Waals surface area contributed by atoms with E-state index in [0.717, 1.165) is 42.5 Å². The molecule has 1 aromatic heterocycles. The van der Waals surface area contributed by atoms with Gasteiger partial charge in [-0.2, -0.15) is 0 Å². The summed E-state index contributed by atoms with van der Waals surface area (Å²) < 4.78 is 5.97. The van der Waals surface area contributed by atoms with E-state index < -0.39 is 0 Å². The van der Waals surface area contributed by atoms with Crippen molar-refractivity contribution in [3.63, 3.8) is 0 Å². The van der Waals surface area contributed by atoms with Gasteiger partial charge in [0, 0.05) is 29.2 Å². The number of hydrogen-bond donors (Lipinski definition) is 1. The number of ether oxygens (including phenoxy) is 1. The minimum atomic E-state index is -0.154. The van der Waals surface area contributed by atoms with Gasteiger partial charge in [-0.15, -0.1) is 0 Å². The predicted molar refractivity (Wildman–Crippen MR) is 122 cm³/mol. The molecule has 2 aliphatic carbocycles. The Kier molecular flexibility index (Phi) is 7.07. The second kappa shape index (κ2) is 10.1. The highest BCUT2D eigenvalue weighted by Gasteiger charge is 2.24. The summed E-state index contributed by atoms with van der Waals surface area (Å²) in [5.41, 5.74) is 3.24. The Hall–Kier alpha value is -2.60. The smallest absolute Gasteiger partial charge is 0.252 e. The van der Waals surface area contributed by atoms with Crippen LogP contribution in [0.1, 0.15) is 48.9 Å². The highest BCUT2D eigenvalue weighted by atomic mass is 35.5. The van der Waals surface area contributed by atoms with Crippen LogP contribution >= 0.6 is 11.6 Å². The fourth-order valence-electron chi connectivity index (χ4n) is 3.85. The molecule has 0 bridgehead atoms. The van der Waals surface area contributed by atoms with Crippen molar-refractivity contribution in [3.05, 3.63) is 47.1 Å². The van der Waals surface area contributed by atoms with Crippen molar-refractivity contribution in [1.82, 2.24) is 10.3 Å². The van der Waals surface area contributed by atoms with Crippen LogP contribution in [-0.4, -0.2) is 36.9 Å². The Labute approximate surface area is 188 Å². The number of pyridine rings is 1. The van der Waals surface area contributed by atoms with Crippen LogP contribution in [0.15, 0.2) is 41.7 Å². The first-order valence-corrected chi connectivity index (χ1v) is 11.3. The molecule has 31 heavy (non-hydrogen) atoms. The normalized spacial score (nSPS) is 19.8. The Bertz CT molecular complexity index is 942. The Morgan fingerprint density at radius 3 is 2.77 bits per heavy atom. The van der Waals surface area contributed by atoms with E-state index in [0.29, 0.717) is 35.5 Å². The van der Waals surface area contributed by atoms with Gasteiger partial charge in [0.15, 0.2) is 0 Å². The zero-order valence-corrected chi connectivity index (χ0v) is 18.5. The number of rotatable bonds is 8. The topological polar surface area (TPSA) is 72.8 Å². The molecule has 1 aromatic carbocycles. The average Bonchev–Trinajstić information content (AvgIpc) is 3.62. The molecule has 2 aromatic rings. The van der Waals surface area contributed by atoms with Crippen molar-refractivity contribution < 1.29 is 14.4 Å². The maximum absolute atomic E-state index is 12.9. The number of halogens is 1. The molecular formula is C24H28ClN3O3. The molecule has 4 rings (SSSR count). The van der Waals surface area contributed by atoms with Gasteiger partial charge in [-0.3, -0.25) is 4.79 Å². The van der Waals surface area contributed by atoms with Crippen LogP contribution in [0, 0.1) is 11.8 Å². The zero-order valence-electron chi connectivity index (χ0n) is 17.8. The molecule has 0 spiro atoms. The van der Waals surface area contributed by atoms with E-state index in [1.165, 1.54) is 12.8 Å². The van der Waals surface area contributed by atoms with Gasteiger partial charge < -0.3 is 14.9 Å². The van der Waals surface area contributed by atoms with E-state index in [9.17, 15) is 4.79 Å². The standard InChI is InChI=1S/C24H28ClN3O3/c1-30-28-22-5-3-2-4-18(22)13-26-23(29)19-12-21(17-8-10-20(25)11-9-17)24(27-14-19)31-15-16-6-7-16/h8-12,14,16,18H,2-7,13,15H2,1H3,(H,26,29)/b28-22+/t18-/m1/s1. The fraction of sp³-hybridized carbons (Fsp3) is 0.458. The van der Waals surface area contributed by atoms with Gasteiger partial charge in [-0.1, -0.05) is 35.3 Å². The van der Waals surface area contributed by atoms with E-state index in [2.05, 4.69) is 15.5 Å². The molecule has 2 saturated carbocycles. The third-order valence-corrected chi connectivity index (χ3v) is 6.10. The summed E-state index contributed by atoms with van der Waals surface area (Å²) in [5.74, 6) is 1.22. The van der Waals surface area contributed by atoms with E-state index in [4.69, 9.17) is 21.2 Å². The van der Waals surface area contributed by atoms with Crippen molar-refractivity contribution in [2.45, 2.75) is 38.5 Å². The van der Waals surface area contributed by atoms with Crippen LogP contribution in [-0.2, 0) is 4.84 Å². The Morgan fingerprint density at radius 2 is 2.03 bits per heavy atom. The quantitative estimate of drug-likeness (QED) is 0.577. The van der Waals surface area contributed by atoms with Gasteiger partial charge in [-0.05, 0) is 61.8 Å². The lowest BCUT2D eigenvalue weighted by Gasteiger charge is -2.23. The minimum absolute atomic E-state index is 0.154. The molecule has 0 radical (unpaired) electrons. The first-order valence-electron chi connectivity index (χ1n) is 10.9. The monoisotopic (exact) mass is 441 g/mol. The average molecular weight is 442 g/mol. The zero-order chi connectivity index (χ0) is 21.6. The molecule has 0 aliphatic heterocycles. The number of hydrogen-bond acceptors (Lipinski definition) is 5. The van der Waals surface area contributed by atoms with Crippen LogP contribution in [0.4, 0.5) is 0 Å². The summed E-state index contributed by atoms with van der Waals surface area (Å²) in [6.07, 6.45) is 8.16. The van der Waals surface area contributed by atoms with Crippen LogP contribution < -0.4 is 10.1 Å². The lowest BCUT2D eigenvalue weighted by molar-refractivity contribution is 0.0948. The van der Waals surface area contributed by atoms with E-state index in [1.54, 1.807) is 13.3 Å². The lowest BCUT2D eigenvalue weighted by atomic mass is 9.87. The molecular weight excluding hydrogens is 414 g/mol. The van der Waals surface area contributed by atoms with Gasteiger partial charge in [0.2, 0.25) is 5.88 Å². The molecule has 6 nitrogen and oxygen atoms in total. The van der Waals surface area contributed by atoms with Gasteiger partial charge in [0.05, 0.1) is 17.9 Å². The van der Waals surface area contributed by atoms with E-state index >= 15 is 0 Å². The maximum Gasteiger partial charge on any atom is 0.252 e. The van der Waals surface area contributed by atoms with Gasteiger partial charge >= 0.3 is 0 Å². The van der Waals surface area contributed by atoms with Crippen molar-refractivity contribution in [3.8, 4) is 17.0 Å². The number of nitrogens with one attached hydrogen (secondary N) is 1. The summed E-state index contributed by atoms with van der Waals surface area (Å²) in [6.45, 7) is 1.19. The van der Waals surface area contributed by atoms with Crippen molar-refractivity contribution in [2.75, 3.05) is 20.3 Å². The molecule has 2 aliphatic rings. The molecule has 7 heteroatoms. The second-order valence-electron chi connectivity index (χ2n) is 8.26. The Balaban J connectivity index is 1.50. The van der Waals surface area contributed by atoms with E-state index in [1.807, 2.05) is 30.3 Å². The molecule has 164 valence electrons. The van der Waals surface area contributed by atoms with Crippen LogP contribution in [0.2, 0.25) is 5.02 Å². The van der Waals surface area contributed by atoms with Crippen LogP contribution in [0.25, 0.3) is 11.1 Å². The number of carbonyl (C=O) groups is 1. The molecule has 0 saturated heterocycles. The number of benzene rings is 1. The molecule has 1 heterocycles. The molecule has 1 N–H and O–H groups in total. The molecule has 0 unspecified atom stereocenters. The second-order valence-corrected chi connectivity index (χ2v) is 8.69. The highest BCUT2D eigenvalue weighted by molar-refractivity contribution is 6.30. The molecule has 1 amide bonds. The summed E-state index contributed by atoms with van der Waals surface area (Å²) in [4.78, 5) is 22.3. The summed E-state index contributed by atoms with van der Waals surface area (Å²) in [7, 11) is 1.56. The van der Waals surface area contributed by atoms with Crippen LogP contribution in [0.5, 0.6) is 5.88 Å². The summed E-state index contributed by atoms with van der Waals surface area (Å²) in [5, 5.41) is 7.86. The summed E-state index contributed by atoms with van der Waals surface area (Å²) in [6, 6.07) is 9.34. The molecule has 1 atom stereocenters. The fourth-order valence-corrected chi connectivity index (χ4v) is 3.98. The van der Waals surface area contributed by atoms with Gasteiger partial charge in [0.1, 0.15) is 7.11 Å². The van der Waals surface area contributed by atoms with Crippen molar-refractivity contribution in [2.24, 2.45) is 17.0 Å². The maximum atomic E-state index is 12.9. The third-order valence-electron chi connectivity index (χ3n) is 5.85. The number of oxime groups is 1. The van der Waals surface area contributed by atoms with Gasteiger partial charge in [0.25, 0.3) is 5.91 Å². The Morgan fingerprint density at radius 1 is 1.23 bits per heavy atom.